The van der Waals surface area contributed by atoms with Gasteiger partial charge in [0, 0.05) is 19.5 Å². The number of carboxylic acid groups (broad SMARTS) is 1. The molecule has 2 N–H and O–H groups in total. The largest absolute Gasteiger partial charge is 0.481 e. The van der Waals surface area contributed by atoms with E-state index in [9.17, 15) is 14.4 Å². The molecule has 2 aromatic rings. The Kier molecular flexibility index (Phi) is 6.44. The second kappa shape index (κ2) is 9.19. The third-order valence-electron chi connectivity index (χ3n) is 5.03. The van der Waals surface area contributed by atoms with Gasteiger partial charge in [-0.25, -0.2) is 0 Å². The molecule has 2 amide bonds. The minimum Gasteiger partial charge on any atom is -0.481 e. The van der Waals surface area contributed by atoms with Crippen LogP contribution in [0.4, 0.5) is 0 Å². The van der Waals surface area contributed by atoms with E-state index in [4.69, 9.17) is 5.11 Å². The molecule has 3 rings (SSSR count). The molecule has 0 aliphatic carbocycles. The molecule has 6 nitrogen and oxygen atoms in total. The van der Waals surface area contributed by atoms with Gasteiger partial charge in [-0.3, -0.25) is 14.4 Å². The van der Waals surface area contributed by atoms with Crippen molar-refractivity contribution in [3.05, 3.63) is 77.5 Å². The first kappa shape index (κ1) is 20.3. The van der Waals surface area contributed by atoms with E-state index in [0.29, 0.717) is 6.42 Å². The second-order valence-electron chi connectivity index (χ2n) is 7.05. The minimum atomic E-state index is -0.908. The molecule has 1 heterocycles. The van der Waals surface area contributed by atoms with Crippen LogP contribution in [-0.2, 0) is 14.4 Å². The molecule has 0 unspecified atom stereocenters. The fourth-order valence-electron chi connectivity index (χ4n) is 3.62. The highest BCUT2D eigenvalue weighted by molar-refractivity contribution is 5.82. The number of carboxylic acids is 1. The molecule has 2 atom stereocenters. The van der Waals surface area contributed by atoms with E-state index >= 15 is 0 Å². The molecule has 0 saturated carbocycles. The van der Waals surface area contributed by atoms with E-state index in [1.165, 1.54) is 6.92 Å². The molecule has 0 radical (unpaired) electrons. The lowest BCUT2D eigenvalue weighted by Crippen LogP contribution is -2.36. The van der Waals surface area contributed by atoms with Crippen LogP contribution in [0.5, 0.6) is 0 Å². The summed E-state index contributed by atoms with van der Waals surface area (Å²) in [5.74, 6) is -1.28. The van der Waals surface area contributed by atoms with Gasteiger partial charge in [-0.1, -0.05) is 54.6 Å². The van der Waals surface area contributed by atoms with Crippen molar-refractivity contribution >= 4 is 23.9 Å². The van der Waals surface area contributed by atoms with Gasteiger partial charge in [-0.15, -0.1) is 0 Å². The molecule has 0 fully saturated rings. The lowest BCUT2D eigenvalue weighted by Gasteiger charge is -2.32. The number of aliphatic carboxylic acids is 1. The summed E-state index contributed by atoms with van der Waals surface area (Å²) in [6.07, 6.45) is 3.92. The number of benzene rings is 2. The van der Waals surface area contributed by atoms with Gasteiger partial charge in [0.2, 0.25) is 11.8 Å². The Bertz CT molecular complexity index is 923. The molecular formula is C23H24N2O4. The highest BCUT2D eigenvalue weighted by Gasteiger charge is 2.29. The number of amides is 2. The van der Waals surface area contributed by atoms with Crippen molar-refractivity contribution in [2.24, 2.45) is 0 Å². The Morgan fingerprint density at radius 2 is 1.76 bits per heavy atom. The first-order chi connectivity index (χ1) is 14.0. The third-order valence-corrected chi connectivity index (χ3v) is 5.03. The van der Waals surface area contributed by atoms with Gasteiger partial charge in [0.05, 0.1) is 18.5 Å². The van der Waals surface area contributed by atoms with Gasteiger partial charge in [0.25, 0.3) is 0 Å². The number of hydrogen-bond donors (Lipinski definition) is 2. The number of rotatable bonds is 7. The van der Waals surface area contributed by atoms with Gasteiger partial charge < -0.3 is 15.3 Å². The van der Waals surface area contributed by atoms with Gasteiger partial charge >= 0.3 is 5.97 Å². The monoisotopic (exact) mass is 392 g/mol. The maximum atomic E-state index is 12.9. The molecule has 0 saturated heterocycles. The van der Waals surface area contributed by atoms with Crippen LogP contribution < -0.4 is 5.32 Å². The van der Waals surface area contributed by atoms with Crippen molar-refractivity contribution < 1.29 is 19.5 Å². The van der Waals surface area contributed by atoms with Crippen molar-refractivity contribution in [3.63, 3.8) is 0 Å². The summed E-state index contributed by atoms with van der Waals surface area (Å²) in [5.41, 5.74) is 2.75. The zero-order valence-electron chi connectivity index (χ0n) is 16.2. The van der Waals surface area contributed by atoms with E-state index in [0.717, 1.165) is 16.7 Å². The highest BCUT2D eigenvalue weighted by atomic mass is 16.4. The lowest BCUT2D eigenvalue weighted by molar-refractivity contribution is -0.137. The fraction of sp³-hybridized carbons (Fsp3) is 0.261. The summed E-state index contributed by atoms with van der Waals surface area (Å²) in [6, 6.07) is 16.2. The van der Waals surface area contributed by atoms with Crippen molar-refractivity contribution in [3.8, 4) is 0 Å². The minimum absolute atomic E-state index is 0.0472. The molecule has 150 valence electrons. The van der Waals surface area contributed by atoms with Crippen LogP contribution >= 0.6 is 0 Å². The van der Waals surface area contributed by atoms with Gasteiger partial charge in [0.1, 0.15) is 0 Å². The van der Waals surface area contributed by atoms with Crippen LogP contribution in [0.25, 0.3) is 6.08 Å². The first-order valence-electron chi connectivity index (χ1n) is 9.58. The van der Waals surface area contributed by atoms with Gasteiger partial charge in [0.15, 0.2) is 0 Å². The zero-order valence-corrected chi connectivity index (χ0v) is 16.2. The van der Waals surface area contributed by atoms with Crippen molar-refractivity contribution in [1.29, 1.82) is 0 Å². The standard InChI is InChI=1S/C23H24N2O4/c1-16(26)25-14-13-17-7-5-6-10-19(17)21(25)15-22(27)24-20(11-12-23(28)29)18-8-3-2-4-9-18/h2-10,13-14,20-21H,11-12,15H2,1H3,(H,24,27)(H,28,29)/t20-,21+/m0/s1. The number of carbonyl (C=O) groups is 3. The molecule has 1 aliphatic heterocycles. The van der Waals surface area contributed by atoms with Crippen LogP contribution in [0.1, 0.15) is 55.0 Å². The molecule has 6 heteroatoms. The Morgan fingerprint density at radius 1 is 1.07 bits per heavy atom. The average molecular weight is 392 g/mol. The van der Waals surface area contributed by atoms with Crippen LogP contribution in [0.2, 0.25) is 0 Å². The van der Waals surface area contributed by atoms with E-state index < -0.39 is 18.1 Å². The topological polar surface area (TPSA) is 86.7 Å². The Labute approximate surface area is 169 Å². The van der Waals surface area contributed by atoms with Crippen LogP contribution in [-0.4, -0.2) is 27.8 Å². The smallest absolute Gasteiger partial charge is 0.303 e. The number of carbonyl (C=O) groups excluding carboxylic acids is 2. The predicted octanol–water partition coefficient (Wildman–Crippen LogP) is 3.67. The number of nitrogens with one attached hydrogen (secondary N) is 1. The highest BCUT2D eigenvalue weighted by Crippen LogP contribution is 2.33. The Hall–Kier alpha value is -3.41. The summed E-state index contributed by atoms with van der Waals surface area (Å²) < 4.78 is 0. The molecule has 0 aromatic heterocycles. The maximum absolute atomic E-state index is 12.9. The van der Waals surface area contributed by atoms with Crippen molar-refractivity contribution in [2.45, 2.75) is 38.3 Å². The third kappa shape index (κ3) is 5.10. The second-order valence-corrected chi connectivity index (χ2v) is 7.05. The van der Waals surface area contributed by atoms with Crippen LogP contribution in [0.3, 0.4) is 0 Å². The first-order valence-corrected chi connectivity index (χ1v) is 9.58. The van der Waals surface area contributed by atoms with E-state index in [-0.39, 0.29) is 24.7 Å². The van der Waals surface area contributed by atoms with Crippen LogP contribution in [0.15, 0.2) is 60.8 Å². The van der Waals surface area contributed by atoms with Gasteiger partial charge in [-0.2, -0.15) is 0 Å². The number of nitrogens with zero attached hydrogens (tertiary/aromatic N) is 1. The molecule has 0 spiro atoms. The molecule has 1 aliphatic rings. The van der Waals surface area contributed by atoms with E-state index in [1.807, 2.05) is 60.7 Å². The Morgan fingerprint density at radius 3 is 2.45 bits per heavy atom. The summed E-state index contributed by atoms with van der Waals surface area (Å²) in [4.78, 5) is 37.6. The summed E-state index contributed by atoms with van der Waals surface area (Å²) in [5, 5.41) is 12.0. The maximum Gasteiger partial charge on any atom is 0.303 e. The lowest BCUT2D eigenvalue weighted by atomic mass is 9.93. The Balaban J connectivity index is 1.78. The summed E-state index contributed by atoms with van der Waals surface area (Å²) >= 11 is 0. The predicted molar refractivity (Wildman–Crippen MR) is 110 cm³/mol. The molecular weight excluding hydrogens is 368 g/mol. The van der Waals surface area contributed by atoms with Gasteiger partial charge in [-0.05, 0) is 29.2 Å². The zero-order chi connectivity index (χ0) is 20.8. The molecule has 0 bridgehead atoms. The molecule has 2 aromatic carbocycles. The number of hydrogen-bond acceptors (Lipinski definition) is 3. The van der Waals surface area contributed by atoms with E-state index in [2.05, 4.69) is 5.32 Å². The SMILES string of the molecule is CC(=O)N1C=Cc2ccccc2[C@H]1CC(=O)N[C@@H](CCC(=O)O)c1ccccc1. The van der Waals surface area contributed by atoms with E-state index in [1.54, 1.807) is 11.1 Å². The quantitative estimate of drug-likeness (QED) is 0.753. The van der Waals surface area contributed by atoms with Crippen LogP contribution in [0, 0.1) is 0 Å². The van der Waals surface area contributed by atoms with Crippen molar-refractivity contribution in [2.75, 3.05) is 0 Å². The van der Waals surface area contributed by atoms with Crippen molar-refractivity contribution in [1.82, 2.24) is 10.2 Å². The number of fused-ring (bicyclic) bond motifs is 1. The summed E-state index contributed by atoms with van der Waals surface area (Å²) in [7, 11) is 0. The average Bonchev–Trinajstić information content (AvgIpc) is 2.71. The molecule has 29 heavy (non-hydrogen) atoms. The summed E-state index contributed by atoms with van der Waals surface area (Å²) in [6.45, 7) is 1.48. The fourth-order valence-corrected chi connectivity index (χ4v) is 3.62. The normalized spacial score (nSPS) is 16.0.